The van der Waals surface area contributed by atoms with Crippen molar-refractivity contribution < 1.29 is 22.7 Å². The summed E-state index contributed by atoms with van der Waals surface area (Å²) in [6, 6.07) is 20.7. The average Bonchev–Trinajstić information content (AvgIpc) is 2.94. The molecule has 0 aliphatic heterocycles. The number of ether oxygens (including phenoxy) is 1. The zero-order valence-electron chi connectivity index (χ0n) is 23.6. The van der Waals surface area contributed by atoms with Crippen LogP contribution in [0.4, 0.5) is 0 Å². The molecule has 9 nitrogen and oxygen atoms in total. The molecule has 0 saturated heterocycles. The van der Waals surface area contributed by atoms with Crippen molar-refractivity contribution in [3.8, 4) is 0 Å². The second-order valence-corrected chi connectivity index (χ2v) is 12.0. The van der Waals surface area contributed by atoms with Crippen LogP contribution in [0.25, 0.3) is 10.8 Å². The number of benzene rings is 3. The monoisotopic (exact) mass is 568 g/mol. The number of hydrogen-bond acceptors (Lipinski definition) is 6. The first-order valence-corrected chi connectivity index (χ1v) is 14.9. The van der Waals surface area contributed by atoms with Crippen molar-refractivity contribution in [2.75, 3.05) is 26.7 Å². The fourth-order valence-electron chi connectivity index (χ4n) is 4.13. The van der Waals surface area contributed by atoms with Crippen LogP contribution in [0.3, 0.4) is 0 Å². The number of fused-ring (bicyclic) bond motifs is 1. The lowest BCUT2D eigenvalue weighted by molar-refractivity contribution is -0.131. The lowest BCUT2D eigenvalue weighted by Gasteiger charge is -2.28. The highest BCUT2D eigenvalue weighted by molar-refractivity contribution is 7.89. The highest BCUT2D eigenvalue weighted by atomic mass is 32.2. The van der Waals surface area contributed by atoms with E-state index in [4.69, 9.17) is 4.74 Å². The van der Waals surface area contributed by atoms with E-state index in [1.54, 1.807) is 25.3 Å². The zero-order chi connectivity index (χ0) is 29.2. The summed E-state index contributed by atoms with van der Waals surface area (Å²) in [7, 11) is -2.30. The maximum absolute atomic E-state index is 13.4. The van der Waals surface area contributed by atoms with Gasteiger partial charge in [-0.1, -0.05) is 60.7 Å². The fourth-order valence-corrected chi connectivity index (χ4v) is 5.52. The summed E-state index contributed by atoms with van der Waals surface area (Å²) < 4.78 is 33.5. The number of rotatable bonds is 15. The van der Waals surface area contributed by atoms with Gasteiger partial charge >= 0.3 is 0 Å². The maximum Gasteiger partial charge on any atom is 0.242 e. The third kappa shape index (κ3) is 9.12. The molecule has 3 aromatic carbocycles. The minimum atomic E-state index is -3.96. The number of hydrogen-bond donors (Lipinski definition) is 4. The van der Waals surface area contributed by atoms with Crippen molar-refractivity contribution in [2.45, 2.75) is 56.2 Å². The Morgan fingerprint density at radius 3 is 2.30 bits per heavy atom. The van der Waals surface area contributed by atoms with Gasteiger partial charge in [-0.05, 0) is 62.2 Å². The van der Waals surface area contributed by atoms with E-state index < -0.39 is 27.5 Å². The van der Waals surface area contributed by atoms with E-state index in [9.17, 15) is 18.0 Å². The van der Waals surface area contributed by atoms with Gasteiger partial charge in [0.2, 0.25) is 21.8 Å². The zero-order valence-corrected chi connectivity index (χ0v) is 24.4. The molecule has 0 aliphatic carbocycles. The van der Waals surface area contributed by atoms with Crippen LogP contribution < -0.4 is 20.7 Å². The lowest BCUT2D eigenvalue weighted by atomic mass is 9.99. The van der Waals surface area contributed by atoms with E-state index >= 15 is 0 Å². The fraction of sp³-hybridized carbons (Fsp3) is 0.400. The number of methoxy groups -OCH3 is 1. The normalized spacial score (nSPS) is 13.5. The SMILES string of the molecule is COC(C)CNCCCNC(=O)C(Cc1ccc2ccccc2c1)NC(=O)C(C)(C)NS(=O)(=O)c1ccccc1. The van der Waals surface area contributed by atoms with E-state index in [1.165, 1.54) is 26.0 Å². The number of amides is 2. The molecule has 0 fully saturated rings. The Morgan fingerprint density at radius 1 is 0.925 bits per heavy atom. The molecule has 0 spiro atoms. The van der Waals surface area contributed by atoms with Crippen LogP contribution in [-0.4, -0.2) is 64.7 Å². The highest BCUT2D eigenvalue weighted by Gasteiger charge is 2.35. The summed E-state index contributed by atoms with van der Waals surface area (Å²) in [6.45, 7) is 6.74. The smallest absolute Gasteiger partial charge is 0.242 e. The van der Waals surface area contributed by atoms with E-state index in [0.717, 1.165) is 16.3 Å². The van der Waals surface area contributed by atoms with Crippen LogP contribution in [0, 0.1) is 0 Å². The van der Waals surface area contributed by atoms with Gasteiger partial charge in [0.25, 0.3) is 0 Å². The quantitative estimate of drug-likeness (QED) is 0.209. The van der Waals surface area contributed by atoms with Gasteiger partial charge in [-0.15, -0.1) is 0 Å². The summed E-state index contributed by atoms with van der Waals surface area (Å²) in [5, 5.41) is 11.1. The van der Waals surface area contributed by atoms with Crippen molar-refractivity contribution >= 4 is 32.6 Å². The van der Waals surface area contributed by atoms with Gasteiger partial charge in [-0.25, -0.2) is 8.42 Å². The highest BCUT2D eigenvalue weighted by Crippen LogP contribution is 2.18. The summed E-state index contributed by atoms with van der Waals surface area (Å²) in [4.78, 5) is 26.7. The molecule has 3 aromatic rings. The topological polar surface area (TPSA) is 126 Å². The van der Waals surface area contributed by atoms with Crippen LogP contribution >= 0.6 is 0 Å². The summed E-state index contributed by atoms with van der Waals surface area (Å²) in [6.07, 6.45) is 1.04. The Bertz CT molecular complexity index is 1380. The molecule has 216 valence electrons. The van der Waals surface area contributed by atoms with Gasteiger partial charge < -0.3 is 20.7 Å². The first-order chi connectivity index (χ1) is 19.0. The minimum absolute atomic E-state index is 0.0508. The third-order valence-electron chi connectivity index (χ3n) is 6.55. The lowest BCUT2D eigenvalue weighted by Crippen LogP contribution is -2.59. The standard InChI is InChI=1S/C30H40N4O5S/c1-22(39-4)21-31-17-10-18-32-28(35)27(20-23-15-16-24-11-8-9-12-25(24)19-23)33-29(36)30(2,3)34-40(37,38)26-13-6-5-7-14-26/h5-9,11-16,19,22,27,31,34H,10,17-18,20-21H2,1-4H3,(H,32,35)(H,33,36). The molecule has 0 bridgehead atoms. The van der Waals surface area contributed by atoms with Gasteiger partial charge in [0.05, 0.1) is 11.0 Å². The molecule has 40 heavy (non-hydrogen) atoms. The van der Waals surface area contributed by atoms with Crippen LogP contribution in [0.15, 0.2) is 77.7 Å². The molecular weight excluding hydrogens is 528 g/mol. The molecule has 4 N–H and O–H groups in total. The van der Waals surface area contributed by atoms with Crippen molar-refractivity contribution in [2.24, 2.45) is 0 Å². The molecule has 0 saturated carbocycles. The summed E-state index contributed by atoms with van der Waals surface area (Å²) in [5.74, 6) is -0.948. The van der Waals surface area contributed by atoms with Crippen molar-refractivity contribution in [3.63, 3.8) is 0 Å². The first-order valence-electron chi connectivity index (χ1n) is 13.4. The first kappa shape index (κ1) is 31.2. The Balaban J connectivity index is 1.71. The molecule has 2 amide bonds. The Labute approximate surface area is 237 Å². The average molecular weight is 569 g/mol. The van der Waals surface area contributed by atoms with E-state index in [-0.39, 0.29) is 23.3 Å². The number of carbonyl (C=O) groups excluding carboxylic acids is 2. The van der Waals surface area contributed by atoms with Gasteiger partial charge in [0.15, 0.2) is 0 Å². The predicted molar refractivity (Wildman–Crippen MR) is 157 cm³/mol. The molecular formula is C30H40N4O5S. The Morgan fingerprint density at radius 2 is 1.60 bits per heavy atom. The van der Waals surface area contributed by atoms with Gasteiger partial charge in [0.1, 0.15) is 11.6 Å². The molecule has 0 aromatic heterocycles. The van der Waals surface area contributed by atoms with Crippen LogP contribution in [-0.2, 0) is 30.8 Å². The van der Waals surface area contributed by atoms with Gasteiger partial charge in [-0.2, -0.15) is 4.72 Å². The molecule has 0 heterocycles. The number of sulfonamides is 1. The van der Waals surface area contributed by atoms with Crippen molar-refractivity contribution in [1.82, 2.24) is 20.7 Å². The van der Waals surface area contributed by atoms with Crippen LogP contribution in [0.2, 0.25) is 0 Å². The molecule has 3 rings (SSSR count). The second kappa shape index (κ2) is 14.4. The second-order valence-electron chi connectivity index (χ2n) is 10.4. The van der Waals surface area contributed by atoms with E-state index in [0.29, 0.717) is 26.1 Å². The van der Waals surface area contributed by atoms with Crippen LogP contribution in [0.1, 0.15) is 32.8 Å². The third-order valence-corrected chi connectivity index (χ3v) is 8.22. The van der Waals surface area contributed by atoms with Crippen molar-refractivity contribution in [1.29, 1.82) is 0 Å². The summed E-state index contributed by atoms with van der Waals surface area (Å²) >= 11 is 0. The Hall–Kier alpha value is -3.31. The van der Waals surface area contributed by atoms with Crippen LogP contribution in [0.5, 0.6) is 0 Å². The molecule has 2 atom stereocenters. The minimum Gasteiger partial charge on any atom is -0.380 e. The van der Waals surface area contributed by atoms with E-state index in [1.807, 2.05) is 49.4 Å². The molecule has 0 radical (unpaired) electrons. The van der Waals surface area contributed by atoms with Crippen molar-refractivity contribution in [3.05, 3.63) is 78.4 Å². The predicted octanol–water partition coefficient (Wildman–Crippen LogP) is 2.76. The molecule has 2 unspecified atom stereocenters. The molecule has 10 heteroatoms. The number of carbonyl (C=O) groups is 2. The maximum atomic E-state index is 13.4. The number of nitrogens with one attached hydrogen (secondary N) is 4. The van der Waals surface area contributed by atoms with Gasteiger partial charge in [-0.3, -0.25) is 9.59 Å². The largest absolute Gasteiger partial charge is 0.380 e. The Kier molecular flexibility index (Phi) is 11.2. The van der Waals surface area contributed by atoms with Gasteiger partial charge in [0, 0.05) is 26.6 Å². The summed E-state index contributed by atoms with van der Waals surface area (Å²) in [5.41, 5.74) is -0.643. The van der Waals surface area contributed by atoms with E-state index in [2.05, 4.69) is 20.7 Å². The molecule has 0 aliphatic rings.